The highest BCUT2D eigenvalue weighted by Gasteiger charge is 2.10. The first-order chi connectivity index (χ1) is 12.6. The summed E-state index contributed by atoms with van der Waals surface area (Å²) in [5.74, 6) is 1.58. The maximum Gasteiger partial charge on any atom is 0.275 e. The molecular formula is C20H26ClN2O3+. The van der Waals surface area contributed by atoms with Gasteiger partial charge in [-0.05, 0) is 43.3 Å². The van der Waals surface area contributed by atoms with Gasteiger partial charge in [0.05, 0.1) is 20.2 Å². The molecule has 1 unspecified atom stereocenters. The summed E-state index contributed by atoms with van der Waals surface area (Å²) in [5.41, 5.74) is 1.15. The highest BCUT2D eigenvalue weighted by atomic mass is 35.5. The van der Waals surface area contributed by atoms with E-state index >= 15 is 0 Å². The van der Waals surface area contributed by atoms with Gasteiger partial charge in [0.15, 0.2) is 6.54 Å². The lowest BCUT2D eigenvalue weighted by molar-refractivity contribution is -0.885. The molecule has 1 atom stereocenters. The number of likely N-dealkylation sites (N-methyl/N-ethyl adjacent to an activating group) is 1. The van der Waals surface area contributed by atoms with Gasteiger partial charge in [0.2, 0.25) is 0 Å². The molecule has 0 saturated heterocycles. The minimum atomic E-state index is 0.00626. The molecule has 0 radical (unpaired) electrons. The molecular weight excluding hydrogens is 352 g/mol. The van der Waals surface area contributed by atoms with Crippen molar-refractivity contribution >= 4 is 17.5 Å². The van der Waals surface area contributed by atoms with Crippen molar-refractivity contribution in [1.29, 1.82) is 0 Å². The summed E-state index contributed by atoms with van der Waals surface area (Å²) in [4.78, 5) is 13.1. The van der Waals surface area contributed by atoms with E-state index < -0.39 is 0 Å². The molecule has 2 aromatic rings. The third-order valence-electron chi connectivity index (χ3n) is 3.71. The summed E-state index contributed by atoms with van der Waals surface area (Å²) in [6.07, 6.45) is 0. The van der Waals surface area contributed by atoms with E-state index in [1.54, 1.807) is 0 Å². The second-order valence-corrected chi connectivity index (χ2v) is 6.48. The molecule has 0 aromatic heterocycles. The van der Waals surface area contributed by atoms with Crippen LogP contribution in [-0.2, 0) is 11.3 Å². The highest BCUT2D eigenvalue weighted by molar-refractivity contribution is 6.30. The lowest BCUT2D eigenvalue weighted by Crippen LogP contribution is -3.08. The minimum Gasteiger partial charge on any atom is -0.494 e. The minimum absolute atomic E-state index is 0.00626. The molecule has 0 saturated carbocycles. The van der Waals surface area contributed by atoms with Crippen LogP contribution in [0.25, 0.3) is 0 Å². The summed E-state index contributed by atoms with van der Waals surface area (Å²) in [5, 5.41) is 3.60. The van der Waals surface area contributed by atoms with Crippen LogP contribution in [0.5, 0.6) is 11.5 Å². The Morgan fingerprint density at radius 2 is 1.65 bits per heavy atom. The van der Waals surface area contributed by atoms with Crippen molar-refractivity contribution in [1.82, 2.24) is 5.32 Å². The lowest BCUT2D eigenvalue weighted by Gasteiger charge is -2.14. The molecule has 0 aliphatic rings. The molecule has 26 heavy (non-hydrogen) atoms. The quantitative estimate of drug-likeness (QED) is 0.622. The van der Waals surface area contributed by atoms with E-state index in [0.717, 1.165) is 33.5 Å². The number of hydrogen-bond donors (Lipinski definition) is 2. The van der Waals surface area contributed by atoms with Gasteiger partial charge in [-0.1, -0.05) is 23.7 Å². The van der Waals surface area contributed by atoms with E-state index in [0.29, 0.717) is 26.3 Å². The van der Waals surface area contributed by atoms with Crippen LogP contribution in [0.15, 0.2) is 48.5 Å². The average molecular weight is 378 g/mol. The normalized spacial score (nSPS) is 11.7. The largest absolute Gasteiger partial charge is 0.494 e. The SMILES string of the molecule is CCOc1ccc(OCCNC(=O)C[NH+](C)Cc2ccc(Cl)cc2)cc1. The van der Waals surface area contributed by atoms with Crippen LogP contribution >= 0.6 is 11.6 Å². The summed E-state index contributed by atoms with van der Waals surface area (Å²) < 4.78 is 11.0. The predicted octanol–water partition coefficient (Wildman–Crippen LogP) is 1.95. The van der Waals surface area contributed by atoms with E-state index in [4.69, 9.17) is 21.1 Å². The molecule has 0 heterocycles. The number of quaternary nitrogens is 1. The molecule has 0 aliphatic heterocycles. The maximum absolute atomic E-state index is 12.0. The first-order valence-corrected chi connectivity index (χ1v) is 9.12. The van der Waals surface area contributed by atoms with Crippen molar-refractivity contribution < 1.29 is 19.2 Å². The second kappa shape index (κ2) is 10.7. The zero-order valence-electron chi connectivity index (χ0n) is 15.3. The van der Waals surface area contributed by atoms with E-state index in [2.05, 4.69) is 5.32 Å². The fourth-order valence-corrected chi connectivity index (χ4v) is 2.63. The number of amides is 1. The Kier molecular flexibility index (Phi) is 8.25. The molecule has 6 heteroatoms. The van der Waals surface area contributed by atoms with Crippen LogP contribution in [0.4, 0.5) is 0 Å². The van der Waals surface area contributed by atoms with E-state index in [9.17, 15) is 4.79 Å². The van der Waals surface area contributed by atoms with Crippen LogP contribution < -0.4 is 19.7 Å². The second-order valence-electron chi connectivity index (χ2n) is 6.04. The van der Waals surface area contributed by atoms with Crippen LogP contribution in [-0.4, -0.2) is 39.3 Å². The average Bonchev–Trinajstić information content (AvgIpc) is 2.62. The molecule has 0 fully saturated rings. The maximum atomic E-state index is 12.0. The Morgan fingerprint density at radius 3 is 2.27 bits per heavy atom. The number of rotatable bonds is 10. The van der Waals surface area contributed by atoms with Gasteiger partial charge >= 0.3 is 0 Å². The summed E-state index contributed by atoms with van der Waals surface area (Å²) in [6, 6.07) is 15.1. The summed E-state index contributed by atoms with van der Waals surface area (Å²) >= 11 is 5.88. The third-order valence-corrected chi connectivity index (χ3v) is 3.96. The number of benzene rings is 2. The van der Waals surface area contributed by atoms with E-state index in [1.165, 1.54) is 0 Å². The number of nitrogens with one attached hydrogen (secondary N) is 2. The van der Waals surface area contributed by atoms with Gasteiger partial charge in [0.1, 0.15) is 24.7 Å². The van der Waals surface area contributed by atoms with Gasteiger partial charge < -0.3 is 19.7 Å². The molecule has 2 N–H and O–H groups in total. The topological polar surface area (TPSA) is 52.0 Å². The van der Waals surface area contributed by atoms with Gasteiger partial charge in [0, 0.05) is 10.6 Å². The van der Waals surface area contributed by atoms with E-state index in [-0.39, 0.29) is 5.91 Å². The molecule has 0 spiro atoms. The number of carbonyl (C=O) groups excluding carboxylic acids is 1. The predicted molar refractivity (Wildman–Crippen MR) is 103 cm³/mol. The Bertz CT molecular complexity index is 674. The molecule has 2 aromatic carbocycles. The van der Waals surface area contributed by atoms with Crippen LogP contribution in [0.1, 0.15) is 12.5 Å². The molecule has 0 aliphatic carbocycles. The van der Waals surface area contributed by atoms with Crippen LogP contribution in [0.3, 0.4) is 0 Å². The molecule has 5 nitrogen and oxygen atoms in total. The Morgan fingerprint density at radius 1 is 1.04 bits per heavy atom. The van der Waals surface area contributed by atoms with Gasteiger partial charge in [-0.2, -0.15) is 0 Å². The standard InChI is InChI=1S/C20H25ClN2O3/c1-3-25-18-8-10-19(11-9-18)26-13-12-22-20(24)15-23(2)14-16-4-6-17(21)7-5-16/h4-11H,3,12-15H2,1-2H3,(H,22,24)/p+1. The van der Waals surface area contributed by atoms with Crippen molar-refractivity contribution in [2.24, 2.45) is 0 Å². The van der Waals surface area contributed by atoms with E-state index in [1.807, 2.05) is 62.5 Å². The smallest absolute Gasteiger partial charge is 0.275 e. The van der Waals surface area contributed by atoms with Crippen molar-refractivity contribution in [2.45, 2.75) is 13.5 Å². The number of carbonyl (C=O) groups is 1. The molecule has 0 bridgehead atoms. The van der Waals surface area contributed by atoms with Gasteiger partial charge in [-0.3, -0.25) is 4.79 Å². The fourth-order valence-electron chi connectivity index (χ4n) is 2.51. The Hall–Kier alpha value is -2.24. The first kappa shape index (κ1) is 20.1. The van der Waals surface area contributed by atoms with Crippen molar-refractivity contribution in [3.63, 3.8) is 0 Å². The Labute approximate surface area is 159 Å². The zero-order chi connectivity index (χ0) is 18.8. The highest BCUT2D eigenvalue weighted by Crippen LogP contribution is 2.17. The molecule has 1 amide bonds. The van der Waals surface area contributed by atoms with Gasteiger partial charge in [-0.15, -0.1) is 0 Å². The number of ether oxygens (including phenoxy) is 2. The summed E-state index contributed by atoms with van der Waals surface area (Å²) in [7, 11) is 1.99. The zero-order valence-corrected chi connectivity index (χ0v) is 16.0. The Balaban J connectivity index is 1.62. The van der Waals surface area contributed by atoms with Gasteiger partial charge in [-0.25, -0.2) is 0 Å². The van der Waals surface area contributed by atoms with Crippen molar-refractivity contribution in [3.05, 3.63) is 59.1 Å². The van der Waals surface area contributed by atoms with Crippen LogP contribution in [0.2, 0.25) is 5.02 Å². The summed E-state index contributed by atoms with van der Waals surface area (Å²) in [6.45, 7) is 4.66. The number of halogens is 1. The monoisotopic (exact) mass is 377 g/mol. The first-order valence-electron chi connectivity index (χ1n) is 8.75. The molecule has 140 valence electrons. The van der Waals surface area contributed by atoms with Crippen LogP contribution in [0, 0.1) is 0 Å². The lowest BCUT2D eigenvalue weighted by atomic mass is 10.2. The van der Waals surface area contributed by atoms with Crippen molar-refractivity contribution in [2.75, 3.05) is 33.4 Å². The van der Waals surface area contributed by atoms with Crippen molar-refractivity contribution in [3.8, 4) is 11.5 Å². The number of hydrogen-bond acceptors (Lipinski definition) is 3. The fraction of sp³-hybridized carbons (Fsp3) is 0.350. The third kappa shape index (κ3) is 7.33. The molecule has 2 rings (SSSR count). The van der Waals surface area contributed by atoms with Gasteiger partial charge in [0.25, 0.3) is 5.91 Å².